The lowest BCUT2D eigenvalue weighted by atomic mass is 10.2. The van der Waals surface area contributed by atoms with Crippen LogP contribution in [-0.2, 0) is 4.74 Å². The van der Waals surface area contributed by atoms with Gasteiger partial charge in [-0.3, -0.25) is 4.99 Å². The molecule has 0 aliphatic carbocycles. The van der Waals surface area contributed by atoms with Crippen molar-refractivity contribution in [3.8, 4) is 0 Å². The molecule has 0 aromatic carbocycles. The first kappa shape index (κ1) is 16.2. The first-order valence-electron chi connectivity index (χ1n) is 7.51. The van der Waals surface area contributed by atoms with Crippen LogP contribution in [0.2, 0.25) is 0 Å². The van der Waals surface area contributed by atoms with Gasteiger partial charge in [-0.05, 0) is 32.9 Å². The van der Waals surface area contributed by atoms with Crippen molar-refractivity contribution in [1.82, 2.24) is 15.5 Å². The zero-order valence-corrected chi connectivity index (χ0v) is 12.7. The van der Waals surface area contributed by atoms with Crippen molar-refractivity contribution in [2.75, 3.05) is 46.9 Å². The number of ether oxygens (including phenoxy) is 1. The minimum Gasteiger partial charge on any atom is -0.376 e. The Labute approximate surface area is 117 Å². The zero-order valence-electron chi connectivity index (χ0n) is 12.7. The van der Waals surface area contributed by atoms with E-state index in [4.69, 9.17) is 4.74 Å². The molecule has 1 atom stereocenters. The molecule has 0 spiro atoms. The standard InChI is InChI=1S/C14H30N4O/c1-4-5-9-18(3)10-8-16-14(15-2)17-12-13-7-6-11-19-13/h13H,4-12H2,1-3H3,(H2,15,16,17). The second-order valence-electron chi connectivity index (χ2n) is 5.17. The molecule has 1 aliphatic rings. The largest absolute Gasteiger partial charge is 0.376 e. The number of guanidine groups is 1. The van der Waals surface area contributed by atoms with Crippen LogP contribution < -0.4 is 10.6 Å². The van der Waals surface area contributed by atoms with E-state index in [1.807, 2.05) is 7.05 Å². The molecule has 0 aromatic heterocycles. The lowest BCUT2D eigenvalue weighted by molar-refractivity contribution is 0.114. The maximum absolute atomic E-state index is 5.58. The molecule has 112 valence electrons. The summed E-state index contributed by atoms with van der Waals surface area (Å²) < 4.78 is 5.58. The number of rotatable bonds is 8. The summed E-state index contributed by atoms with van der Waals surface area (Å²) in [5.41, 5.74) is 0. The lowest BCUT2D eigenvalue weighted by Crippen LogP contribution is -2.43. The van der Waals surface area contributed by atoms with E-state index in [1.165, 1.54) is 25.8 Å². The highest BCUT2D eigenvalue weighted by Crippen LogP contribution is 2.10. The van der Waals surface area contributed by atoms with E-state index in [-0.39, 0.29) is 0 Å². The number of unbranched alkanes of at least 4 members (excludes halogenated alkanes) is 1. The lowest BCUT2D eigenvalue weighted by Gasteiger charge is -2.18. The number of hydrogen-bond acceptors (Lipinski definition) is 3. The summed E-state index contributed by atoms with van der Waals surface area (Å²) in [7, 11) is 3.98. The Morgan fingerprint density at radius 2 is 2.21 bits per heavy atom. The van der Waals surface area contributed by atoms with E-state index in [9.17, 15) is 0 Å². The van der Waals surface area contributed by atoms with Crippen molar-refractivity contribution >= 4 is 5.96 Å². The molecule has 1 heterocycles. The smallest absolute Gasteiger partial charge is 0.191 e. The Balaban J connectivity index is 2.07. The summed E-state index contributed by atoms with van der Waals surface area (Å²) in [5.74, 6) is 0.874. The molecule has 2 N–H and O–H groups in total. The molecule has 1 unspecified atom stereocenters. The van der Waals surface area contributed by atoms with Gasteiger partial charge in [-0.1, -0.05) is 13.3 Å². The van der Waals surface area contributed by atoms with Crippen LogP contribution >= 0.6 is 0 Å². The van der Waals surface area contributed by atoms with Crippen molar-refractivity contribution in [1.29, 1.82) is 0 Å². The van der Waals surface area contributed by atoms with E-state index in [2.05, 4.69) is 34.5 Å². The number of hydrogen-bond donors (Lipinski definition) is 2. The maximum atomic E-state index is 5.58. The molecule has 5 nitrogen and oxygen atoms in total. The number of likely N-dealkylation sites (N-methyl/N-ethyl adjacent to an activating group) is 1. The molecule has 0 radical (unpaired) electrons. The van der Waals surface area contributed by atoms with Crippen molar-refractivity contribution in [3.05, 3.63) is 0 Å². The van der Waals surface area contributed by atoms with Crippen LogP contribution in [-0.4, -0.2) is 63.8 Å². The minimum atomic E-state index is 0.353. The van der Waals surface area contributed by atoms with E-state index in [1.54, 1.807) is 0 Å². The zero-order chi connectivity index (χ0) is 13.9. The monoisotopic (exact) mass is 270 g/mol. The molecule has 19 heavy (non-hydrogen) atoms. The molecule has 0 saturated carbocycles. The highest BCUT2D eigenvalue weighted by Gasteiger charge is 2.15. The van der Waals surface area contributed by atoms with E-state index in [0.717, 1.165) is 38.6 Å². The van der Waals surface area contributed by atoms with E-state index in [0.29, 0.717) is 6.10 Å². The second-order valence-corrected chi connectivity index (χ2v) is 5.17. The Kier molecular flexibility index (Phi) is 8.58. The van der Waals surface area contributed by atoms with Crippen LogP contribution in [0.3, 0.4) is 0 Å². The van der Waals surface area contributed by atoms with Gasteiger partial charge in [-0.2, -0.15) is 0 Å². The summed E-state index contributed by atoms with van der Waals surface area (Å²) in [6, 6.07) is 0. The highest BCUT2D eigenvalue weighted by atomic mass is 16.5. The molecule has 5 heteroatoms. The third-order valence-electron chi connectivity index (χ3n) is 3.42. The van der Waals surface area contributed by atoms with Crippen molar-refractivity contribution in [3.63, 3.8) is 0 Å². The summed E-state index contributed by atoms with van der Waals surface area (Å²) in [4.78, 5) is 6.58. The molecule has 1 rings (SSSR count). The first-order chi connectivity index (χ1) is 9.26. The average Bonchev–Trinajstić information content (AvgIpc) is 2.93. The predicted molar refractivity (Wildman–Crippen MR) is 80.7 cm³/mol. The summed E-state index contributed by atoms with van der Waals surface area (Å²) >= 11 is 0. The first-order valence-corrected chi connectivity index (χ1v) is 7.51. The quantitative estimate of drug-likeness (QED) is 0.511. The normalized spacial score (nSPS) is 20.0. The van der Waals surface area contributed by atoms with Crippen LogP contribution in [0.5, 0.6) is 0 Å². The minimum absolute atomic E-state index is 0.353. The fourth-order valence-electron chi connectivity index (χ4n) is 2.14. The topological polar surface area (TPSA) is 48.9 Å². The average molecular weight is 270 g/mol. The van der Waals surface area contributed by atoms with E-state index < -0.39 is 0 Å². The number of aliphatic imine (C=N–C) groups is 1. The summed E-state index contributed by atoms with van der Waals surface area (Å²) in [6.07, 6.45) is 5.21. The Hall–Kier alpha value is -0.810. The number of nitrogens with zero attached hydrogens (tertiary/aromatic N) is 2. The Morgan fingerprint density at radius 3 is 2.84 bits per heavy atom. The Bertz CT molecular complexity index is 252. The van der Waals surface area contributed by atoms with Gasteiger partial charge in [-0.15, -0.1) is 0 Å². The summed E-state index contributed by atoms with van der Waals surface area (Å²) in [6.45, 7) is 7.11. The van der Waals surface area contributed by atoms with Gasteiger partial charge in [0.15, 0.2) is 5.96 Å². The third-order valence-corrected chi connectivity index (χ3v) is 3.42. The number of nitrogens with one attached hydrogen (secondary N) is 2. The van der Waals surface area contributed by atoms with Gasteiger partial charge < -0.3 is 20.3 Å². The molecule has 1 fully saturated rings. The van der Waals surface area contributed by atoms with Crippen molar-refractivity contribution in [2.45, 2.75) is 38.7 Å². The molecule has 1 saturated heterocycles. The molecule has 0 aromatic rings. The van der Waals surface area contributed by atoms with Crippen LogP contribution in [0, 0.1) is 0 Å². The molecular weight excluding hydrogens is 240 g/mol. The molecular formula is C14H30N4O. The fourth-order valence-corrected chi connectivity index (χ4v) is 2.14. The van der Waals surface area contributed by atoms with Crippen LogP contribution in [0.1, 0.15) is 32.6 Å². The van der Waals surface area contributed by atoms with E-state index >= 15 is 0 Å². The third kappa shape index (κ3) is 7.38. The SMILES string of the molecule is CCCCN(C)CCNC(=NC)NCC1CCCO1. The van der Waals surface area contributed by atoms with Gasteiger partial charge in [0, 0.05) is 33.3 Å². The van der Waals surface area contributed by atoms with Gasteiger partial charge in [0.2, 0.25) is 0 Å². The van der Waals surface area contributed by atoms with Gasteiger partial charge in [-0.25, -0.2) is 0 Å². The van der Waals surface area contributed by atoms with Crippen molar-refractivity contribution in [2.24, 2.45) is 4.99 Å². The van der Waals surface area contributed by atoms with Gasteiger partial charge in [0.05, 0.1) is 6.10 Å². The van der Waals surface area contributed by atoms with Crippen LogP contribution in [0.4, 0.5) is 0 Å². The van der Waals surface area contributed by atoms with Gasteiger partial charge in [0.1, 0.15) is 0 Å². The van der Waals surface area contributed by atoms with Gasteiger partial charge in [0.25, 0.3) is 0 Å². The molecule has 1 aliphatic heterocycles. The molecule has 0 bridgehead atoms. The fraction of sp³-hybridized carbons (Fsp3) is 0.929. The Morgan fingerprint density at radius 1 is 1.37 bits per heavy atom. The second kappa shape index (κ2) is 10.0. The van der Waals surface area contributed by atoms with Crippen LogP contribution in [0.25, 0.3) is 0 Å². The van der Waals surface area contributed by atoms with Crippen molar-refractivity contribution < 1.29 is 4.74 Å². The molecule has 0 amide bonds. The van der Waals surface area contributed by atoms with Crippen LogP contribution in [0.15, 0.2) is 4.99 Å². The highest BCUT2D eigenvalue weighted by molar-refractivity contribution is 5.79. The summed E-state index contributed by atoms with van der Waals surface area (Å²) in [5, 5.41) is 6.67. The van der Waals surface area contributed by atoms with Gasteiger partial charge >= 0.3 is 0 Å². The maximum Gasteiger partial charge on any atom is 0.191 e. The predicted octanol–water partition coefficient (Wildman–Crippen LogP) is 1.06.